The number of hydrogen-bond donors (Lipinski definition) is 11. The molecule has 1 aromatic heterocycles. The van der Waals surface area contributed by atoms with Gasteiger partial charge in [0.1, 0.15) is 18.1 Å². The molecule has 46 heavy (non-hydrogen) atoms. The molecule has 0 spiro atoms. The van der Waals surface area contributed by atoms with Crippen molar-refractivity contribution in [2.24, 2.45) is 38.7 Å². The standard InChI is InChI=1S/C28H43N11O7/c29-17(6-3-11-34-27(30)31)23(42)37-19(9-10-22(40)41)24(43)39-21(13-15-14-36-18-7-2-1-5-16(15)18)25(44)38-20(26(45)46)8-4-12-35-28(32)33/h1-2,5,7,14,17,19-21,36H,3-4,6,8-13,29H2,(H,37,42)(H,38,44)(H,39,43)(H,40,41)(H,45,46)(H4,30,31,34)(H4,32,33,35)/t17-,19-,20-,21-/m0/s1. The first kappa shape index (κ1) is 36.8. The van der Waals surface area contributed by atoms with Gasteiger partial charge in [-0.2, -0.15) is 0 Å². The minimum absolute atomic E-state index is 0.00995. The van der Waals surface area contributed by atoms with Gasteiger partial charge in [0, 0.05) is 43.0 Å². The number of rotatable bonds is 20. The number of carboxylic acid groups (broad SMARTS) is 2. The van der Waals surface area contributed by atoms with Gasteiger partial charge in [0.05, 0.1) is 6.04 Å². The van der Waals surface area contributed by atoms with Gasteiger partial charge >= 0.3 is 11.9 Å². The molecule has 0 saturated carbocycles. The molecular weight excluding hydrogens is 602 g/mol. The molecular formula is C28H43N11O7. The monoisotopic (exact) mass is 645 g/mol. The first-order valence-corrected chi connectivity index (χ1v) is 14.6. The fourth-order valence-electron chi connectivity index (χ4n) is 4.50. The molecule has 1 aromatic carbocycles. The molecule has 0 bridgehead atoms. The number of amides is 3. The second-order valence-electron chi connectivity index (χ2n) is 10.5. The van der Waals surface area contributed by atoms with Crippen LogP contribution in [-0.2, 0) is 30.4 Å². The largest absolute Gasteiger partial charge is 0.481 e. The highest BCUT2D eigenvalue weighted by Gasteiger charge is 2.31. The van der Waals surface area contributed by atoms with Crippen LogP contribution in [0.3, 0.4) is 0 Å². The zero-order chi connectivity index (χ0) is 34.2. The van der Waals surface area contributed by atoms with Gasteiger partial charge in [-0.15, -0.1) is 0 Å². The number of carbonyl (C=O) groups is 5. The van der Waals surface area contributed by atoms with Gasteiger partial charge in [0.25, 0.3) is 0 Å². The average Bonchev–Trinajstić information content (AvgIpc) is 3.40. The van der Waals surface area contributed by atoms with E-state index in [4.69, 9.17) is 28.7 Å². The van der Waals surface area contributed by atoms with E-state index in [9.17, 15) is 34.2 Å². The Kier molecular flexibility index (Phi) is 14.7. The molecule has 0 saturated heterocycles. The molecule has 1 heterocycles. The number of nitrogens with one attached hydrogen (secondary N) is 4. The number of para-hydroxylation sites is 1. The Bertz CT molecular complexity index is 1420. The summed E-state index contributed by atoms with van der Waals surface area (Å²) in [6, 6.07) is 2.16. The Labute approximate surface area is 264 Å². The molecule has 0 unspecified atom stereocenters. The zero-order valence-electron chi connectivity index (χ0n) is 25.3. The van der Waals surface area contributed by atoms with Gasteiger partial charge in [-0.3, -0.25) is 29.2 Å². The van der Waals surface area contributed by atoms with Crippen molar-refractivity contribution in [1.82, 2.24) is 20.9 Å². The van der Waals surface area contributed by atoms with Crippen molar-refractivity contribution >= 4 is 52.5 Å². The van der Waals surface area contributed by atoms with Crippen LogP contribution in [0, 0.1) is 0 Å². The van der Waals surface area contributed by atoms with E-state index in [0.29, 0.717) is 12.0 Å². The molecule has 16 N–H and O–H groups in total. The summed E-state index contributed by atoms with van der Waals surface area (Å²) in [6.45, 7) is 0.362. The minimum atomic E-state index is -1.37. The molecule has 3 amide bonds. The lowest BCUT2D eigenvalue weighted by Crippen LogP contribution is -2.57. The van der Waals surface area contributed by atoms with E-state index in [2.05, 4.69) is 30.9 Å². The maximum Gasteiger partial charge on any atom is 0.326 e. The Morgan fingerprint density at radius 1 is 0.761 bits per heavy atom. The Morgan fingerprint density at radius 3 is 1.93 bits per heavy atom. The van der Waals surface area contributed by atoms with Crippen LogP contribution in [0.1, 0.15) is 44.1 Å². The molecule has 252 valence electrons. The molecule has 18 heteroatoms. The van der Waals surface area contributed by atoms with Crippen LogP contribution >= 0.6 is 0 Å². The predicted molar refractivity (Wildman–Crippen MR) is 170 cm³/mol. The molecule has 0 radical (unpaired) electrons. The topological polar surface area (TPSA) is 333 Å². The molecule has 18 nitrogen and oxygen atoms in total. The smallest absolute Gasteiger partial charge is 0.326 e. The number of guanidine groups is 2. The Balaban J connectivity index is 2.27. The van der Waals surface area contributed by atoms with E-state index in [0.717, 1.165) is 10.9 Å². The number of benzene rings is 1. The number of H-pyrrole nitrogens is 1. The summed E-state index contributed by atoms with van der Waals surface area (Å²) in [5.74, 6) is -5.19. The van der Waals surface area contributed by atoms with Gasteiger partial charge in [0.2, 0.25) is 17.7 Å². The van der Waals surface area contributed by atoms with Gasteiger partial charge in [-0.25, -0.2) is 4.79 Å². The van der Waals surface area contributed by atoms with E-state index >= 15 is 0 Å². The zero-order valence-corrected chi connectivity index (χ0v) is 25.3. The minimum Gasteiger partial charge on any atom is -0.481 e. The summed E-state index contributed by atoms with van der Waals surface area (Å²) in [5, 5.41) is 27.2. The number of carbonyl (C=O) groups excluding carboxylic acids is 3. The summed E-state index contributed by atoms with van der Waals surface area (Å²) in [4.78, 5) is 73.8. The van der Waals surface area contributed by atoms with Crippen molar-refractivity contribution in [2.45, 2.75) is 69.1 Å². The number of aliphatic imine (C=N–C) groups is 2. The van der Waals surface area contributed by atoms with Crippen molar-refractivity contribution in [2.75, 3.05) is 13.1 Å². The Hall–Kier alpha value is -5.39. The summed E-state index contributed by atoms with van der Waals surface area (Å²) < 4.78 is 0. The number of hydrogen-bond acceptors (Lipinski definition) is 8. The van der Waals surface area contributed by atoms with Crippen LogP contribution in [0.25, 0.3) is 10.9 Å². The predicted octanol–water partition coefficient (Wildman–Crippen LogP) is -2.45. The van der Waals surface area contributed by atoms with Crippen LogP contribution < -0.4 is 44.6 Å². The van der Waals surface area contributed by atoms with Crippen LogP contribution in [0.15, 0.2) is 40.4 Å². The fourth-order valence-corrected chi connectivity index (χ4v) is 4.50. The number of carboxylic acids is 2. The lowest BCUT2D eigenvalue weighted by atomic mass is 10.0. The van der Waals surface area contributed by atoms with Crippen molar-refractivity contribution in [3.05, 3.63) is 36.0 Å². The maximum atomic E-state index is 13.5. The first-order valence-electron chi connectivity index (χ1n) is 14.6. The highest BCUT2D eigenvalue weighted by atomic mass is 16.4. The SMILES string of the molecule is NC(N)=NCCC[C@H](NC(=O)[C@H](Cc1c[nH]c2ccccc12)NC(=O)[C@H](CCC(=O)O)NC(=O)[C@@H](N)CCCN=C(N)N)C(=O)O. The van der Waals surface area contributed by atoms with Gasteiger partial charge < -0.3 is 59.8 Å². The molecule has 2 aromatic rings. The van der Waals surface area contributed by atoms with Crippen molar-refractivity contribution in [3.8, 4) is 0 Å². The number of aliphatic carboxylic acids is 2. The quantitative estimate of drug-likeness (QED) is 0.0406. The van der Waals surface area contributed by atoms with Gasteiger partial charge in [0.15, 0.2) is 11.9 Å². The van der Waals surface area contributed by atoms with Crippen LogP contribution in [0.4, 0.5) is 0 Å². The van der Waals surface area contributed by atoms with E-state index in [1.807, 2.05) is 18.2 Å². The second-order valence-corrected chi connectivity index (χ2v) is 10.5. The molecule has 0 aliphatic heterocycles. The normalized spacial score (nSPS) is 13.4. The lowest BCUT2D eigenvalue weighted by molar-refractivity contribution is -0.142. The molecule has 2 rings (SSSR count). The van der Waals surface area contributed by atoms with E-state index in [1.165, 1.54) is 0 Å². The summed E-state index contributed by atoms with van der Waals surface area (Å²) in [5.41, 5.74) is 28.6. The van der Waals surface area contributed by atoms with Crippen molar-refractivity contribution in [1.29, 1.82) is 0 Å². The maximum absolute atomic E-state index is 13.5. The number of nitrogens with zero attached hydrogens (tertiary/aromatic N) is 2. The van der Waals surface area contributed by atoms with Crippen LogP contribution in [0.2, 0.25) is 0 Å². The third kappa shape index (κ3) is 12.7. The van der Waals surface area contributed by atoms with E-state index < -0.39 is 60.2 Å². The van der Waals surface area contributed by atoms with Gasteiger partial charge in [-0.05, 0) is 43.7 Å². The highest BCUT2D eigenvalue weighted by molar-refractivity contribution is 5.95. The summed E-state index contributed by atoms with van der Waals surface area (Å²) in [7, 11) is 0. The first-order chi connectivity index (χ1) is 21.8. The van der Waals surface area contributed by atoms with E-state index in [-0.39, 0.29) is 57.1 Å². The number of fused-ring (bicyclic) bond motifs is 1. The lowest BCUT2D eigenvalue weighted by Gasteiger charge is -2.25. The average molecular weight is 646 g/mol. The van der Waals surface area contributed by atoms with Crippen LogP contribution in [-0.4, -0.2) is 94.0 Å². The second kappa shape index (κ2) is 18.4. The van der Waals surface area contributed by atoms with Crippen LogP contribution in [0.5, 0.6) is 0 Å². The van der Waals surface area contributed by atoms with E-state index in [1.54, 1.807) is 12.3 Å². The number of aromatic amines is 1. The highest BCUT2D eigenvalue weighted by Crippen LogP contribution is 2.19. The number of nitrogens with two attached hydrogens (primary N) is 5. The summed E-state index contributed by atoms with van der Waals surface area (Å²) >= 11 is 0. The Morgan fingerprint density at radius 2 is 1.33 bits per heavy atom. The molecule has 4 atom stereocenters. The van der Waals surface area contributed by atoms with Crippen molar-refractivity contribution in [3.63, 3.8) is 0 Å². The summed E-state index contributed by atoms with van der Waals surface area (Å²) in [6.07, 6.45) is 1.57. The number of aromatic nitrogens is 1. The fraction of sp³-hybridized carbons (Fsp3) is 0.464. The van der Waals surface area contributed by atoms with Gasteiger partial charge in [-0.1, -0.05) is 18.2 Å². The third-order valence-electron chi connectivity index (χ3n) is 6.88. The molecule has 0 aliphatic rings. The molecule has 0 fully saturated rings. The van der Waals surface area contributed by atoms with Crippen molar-refractivity contribution < 1.29 is 34.2 Å². The molecule has 0 aliphatic carbocycles. The third-order valence-corrected chi connectivity index (χ3v) is 6.88.